The van der Waals surface area contributed by atoms with Gasteiger partial charge in [-0.15, -0.1) is 0 Å². The van der Waals surface area contributed by atoms with Gasteiger partial charge in [0, 0.05) is 17.5 Å². The van der Waals surface area contributed by atoms with Crippen molar-refractivity contribution in [1.29, 1.82) is 0 Å². The highest BCUT2D eigenvalue weighted by Gasteiger charge is 1.99. The van der Waals surface area contributed by atoms with E-state index in [4.69, 9.17) is 5.73 Å². The van der Waals surface area contributed by atoms with Crippen molar-refractivity contribution in [1.82, 2.24) is 15.0 Å². The van der Waals surface area contributed by atoms with Crippen molar-refractivity contribution in [3.05, 3.63) is 36.4 Å². The predicted octanol–water partition coefficient (Wildman–Crippen LogP) is 1.43. The number of nitrogens with two attached hydrogens (primary N) is 1. The molecule has 4 nitrogen and oxygen atoms in total. The van der Waals surface area contributed by atoms with Gasteiger partial charge in [-0.2, -0.15) is 0 Å². The van der Waals surface area contributed by atoms with E-state index in [0.717, 1.165) is 17.0 Å². The fraction of sp³-hybridized carbons (Fsp3) is 0.100. The van der Waals surface area contributed by atoms with Gasteiger partial charge in [0.2, 0.25) is 0 Å². The van der Waals surface area contributed by atoms with Crippen LogP contribution >= 0.6 is 0 Å². The van der Waals surface area contributed by atoms with E-state index in [1.807, 2.05) is 19.1 Å². The highest BCUT2D eigenvalue weighted by atomic mass is 14.9. The number of hydrogen-bond donors (Lipinski definition) is 1. The number of aryl methyl sites for hydroxylation is 1. The minimum absolute atomic E-state index is 0.430. The summed E-state index contributed by atoms with van der Waals surface area (Å²) in [6.45, 7) is 1.94. The van der Waals surface area contributed by atoms with Crippen LogP contribution in [0, 0.1) is 6.92 Å². The first-order chi connectivity index (χ1) is 6.75. The molecule has 2 aromatic heterocycles. The zero-order valence-electron chi connectivity index (χ0n) is 7.81. The molecule has 2 rings (SSSR count). The maximum absolute atomic E-state index is 5.45. The lowest BCUT2D eigenvalue weighted by Gasteiger charge is -2.00. The van der Waals surface area contributed by atoms with Crippen LogP contribution in [0.4, 0.5) is 5.82 Å². The molecular weight excluding hydrogens is 176 g/mol. The van der Waals surface area contributed by atoms with E-state index in [0.29, 0.717) is 5.82 Å². The lowest BCUT2D eigenvalue weighted by Crippen LogP contribution is -1.92. The van der Waals surface area contributed by atoms with Crippen LogP contribution in [0.25, 0.3) is 11.3 Å². The Morgan fingerprint density at radius 3 is 2.64 bits per heavy atom. The van der Waals surface area contributed by atoms with Crippen molar-refractivity contribution in [3.8, 4) is 11.3 Å². The standard InChI is InChI=1S/C10H10N4/c1-7-4-8(2-3-12-7)9-5-14-10(11)6-13-9/h2-6H,1H3,(H2,11,14). The molecule has 0 radical (unpaired) electrons. The van der Waals surface area contributed by atoms with Gasteiger partial charge >= 0.3 is 0 Å². The number of anilines is 1. The highest BCUT2D eigenvalue weighted by Crippen LogP contribution is 2.15. The molecule has 14 heavy (non-hydrogen) atoms. The van der Waals surface area contributed by atoms with E-state index in [2.05, 4.69) is 15.0 Å². The van der Waals surface area contributed by atoms with Crippen molar-refractivity contribution >= 4 is 5.82 Å². The summed E-state index contributed by atoms with van der Waals surface area (Å²) >= 11 is 0. The number of rotatable bonds is 1. The van der Waals surface area contributed by atoms with Gasteiger partial charge in [0.25, 0.3) is 0 Å². The van der Waals surface area contributed by atoms with Gasteiger partial charge in [-0.3, -0.25) is 9.97 Å². The van der Waals surface area contributed by atoms with Gasteiger partial charge in [-0.25, -0.2) is 4.98 Å². The maximum atomic E-state index is 5.45. The van der Waals surface area contributed by atoms with Gasteiger partial charge in [-0.1, -0.05) is 0 Å². The Kier molecular flexibility index (Phi) is 2.10. The van der Waals surface area contributed by atoms with Crippen LogP contribution in [0.5, 0.6) is 0 Å². The average Bonchev–Trinajstić information content (AvgIpc) is 2.19. The van der Waals surface area contributed by atoms with Crippen LogP contribution in [0.3, 0.4) is 0 Å². The molecule has 4 heteroatoms. The van der Waals surface area contributed by atoms with Gasteiger partial charge in [0.05, 0.1) is 18.1 Å². The second kappa shape index (κ2) is 3.41. The molecule has 0 aliphatic rings. The van der Waals surface area contributed by atoms with Crippen LogP contribution in [-0.2, 0) is 0 Å². The molecule has 0 aliphatic heterocycles. The molecule has 0 saturated heterocycles. The number of pyridine rings is 1. The SMILES string of the molecule is Cc1cc(-c2cnc(N)cn2)ccn1. The van der Waals surface area contributed by atoms with Crippen molar-refractivity contribution < 1.29 is 0 Å². The first-order valence-electron chi connectivity index (χ1n) is 4.26. The van der Waals surface area contributed by atoms with Gasteiger partial charge < -0.3 is 5.73 Å². The Morgan fingerprint density at radius 1 is 1.14 bits per heavy atom. The Hall–Kier alpha value is -1.97. The number of nitrogens with zero attached hydrogens (tertiary/aromatic N) is 3. The van der Waals surface area contributed by atoms with Gasteiger partial charge in [0.1, 0.15) is 5.82 Å². The monoisotopic (exact) mass is 186 g/mol. The minimum atomic E-state index is 0.430. The summed E-state index contributed by atoms with van der Waals surface area (Å²) in [5.74, 6) is 0.430. The fourth-order valence-electron chi connectivity index (χ4n) is 1.19. The molecule has 2 heterocycles. The second-order valence-electron chi connectivity index (χ2n) is 3.01. The minimum Gasteiger partial charge on any atom is -0.382 e. The second-order valence-corrected chi connectivity index (χ2v) is 3.01. The van der Waals surface area contributed by atoms with Crippen molar-refractivity contribution in [2.45, 2.75) is 6.92 Å². The molecule has 0 fully saturated rings. The van der Waals surface area contributed by atoms with Crippen molar-refractivity contribution in [2.75, 3.05) is 5.73 Å². The highest BCUT2D eigenvalue weighted by molar-refractivity contribution is 5.58. The summed E-state index contributed by atoms with van der Waals surface area (Å²) in [4.78, 5) is 12.3. The summed E-state index contributed by atoms with van der Waals surface area (Å²) in [6.07, 6.45) is 4.96. The van der Waals surface area contributed by atoms with Gasteiger partial charge in [0.15, 0.2) is 0 Å². The molecule has 0 aromatic carbocycles. The first kappa shape index (κ1) is 8.62. The summed E-state index contributed by atoms with van der Waals surface area (Å²) in [5, 5.41) is 0. The molecule has 2 N–H and O–H groups in total. The summed E-state index contributed by atoms with van der Waals surface area (Å²) in [6, 6.07) is 3.85. The summed E-state index contributed by atoms with van der Waals surface area (Å²) < 4.78 is 0. The zero-order chi connectivity index (χ0) is 9.97. The maximum Gasteiger partial charge on any atom is 0.141 e. The van der Waals surface area contributed by atoms with Crippen LogP contribution in [0.15, 0.2) is 30.7 Å². The number of aromatic nitrogens is 3. The van der Waals surface area contributed by atoms with E-state index < -0.39 is 0 Å². The lowest BCUT2D eigenvalue weighted by molar-refractivity contribution is 1.18. The van der Waals surface area contributed by atoms with Crippen LogP contribution in [-0.4, -0.2) is 15.0 Å². The van der Waals surface area contributed by atoms with E-state index in [-0.39, 0.29) is 0 Å². The van der Waals surface area contributed by atoms with Crippen molar-refractivity contribution in [3.63, 3.8) is 0 Å². The molecule has 0 saturated carbocycles. The molecule has 70 valence electrons. The number of hydrogen-bond acceptors (Lipinski definition) is 4. The average molecular weight is 186 g/mol. The molecule has 0 amide bonds. The topological polar surface area (TPSA) is 64.7 Å². The van der Waals surface area contributed by atoms with E-state index >= 15 is 0 Å². The summed E-state index contributed by atoms with van der Waals surface area (Å²) in [7, 11) is 0. The largest absolute Gasteiger partial charge is 0.382 e. The van der Waals surface area contributed by atoms with Crippen LogP contribution in [0.2, 0.25) is 0 Å². The Labute approximate surface area is 81.9 Å². The predicted molar refractivity (Wildman–Crippen MR) is 54.4 cm³/mol. The molecule has 0 atom stereocenters. The molecule has 2 aromatic rings. The van der Waals surface area contributed by atoms with Crippen molar-refractivity contribution in [2.24, 2.45) is 0 Å². The molecule has 0 spiro atoms. The fourth-order valence-corrected chi connectivity index (χ4v) is 1.19. The quantitative estimate of drug-likeness (QED) is 0.731. The third-order valence-corrected chi connectivity index (χ3v) is 1.86. The van der Waals surface area contributed by atoms with Crippen LogP contribution < -0.4 is 5.73 Å². The van der Waals surface area contributed by atoms with E-state index in [9.17, 15) is 0 Å². The Morgan fingerprint density at radius 2 is 2.00 bits per heavy atom. The Balaban J connectivity index is 2.44. The molecule has 0 bridgehead atoms. The third kappa shape index (κ3) is 1.69. The smallest absolute Gasteiger partial charge is 0.141 e. The van der Waals surface area contributed by atoms with Gasteiger partial charge in [-0.05, 0) is 19.1 Å². The molecule has 0 unspecified atom stereocenters. The number of nitrogen functional groups attached to an aromatic ring is 1. The zero-order valence-corrected chi connectivity index (χ0v) is 7.81. The third-order valence-electron chi connectivity index (χ3n) is 1.86. The summed E-state index contributed by atoms with van der Waals surface area (Å²) in [5.41, 5.74) is 8.22. The molecule has 0 aliphatic carbocycles. The Bertz CT molecular complexity index is 436. The molecular formula is C10H10N4. The van der Waals surface area contributed by atoms with Crippen LogP contribution in [0.1, 0.15) is 5.69 Å². The first-order valence-corrected chi connectivity index (χ1v) is 4.26. The normalized spacial score (nSPS) is 10.1. The van der Waals surface area contributed by atoms with E-state index in [1.165, 1.54) is 0 Å². The van der Waals surface area contributed by atoms with E-state index in [1.54, 1.807) is 18.6 Å². The lowest BCUT2D eigenvalue weighted by atomic mass is 10.2.